The quantitative estimate of drug-likeness (QED) is 0.0261. The van der Waals surface area contributed by atoms with Gasteiger partial charge in [0.05, 0.1) is 0 Å². The van der Waals surface area contributed by atoms with Crippen molar-refractivity contribution in [2.45, 2.75) is 348 Å². The first-order chi connectivity index (χ1) is 40.0. The van der Waals surface area contributed by atoms with Gasteiger partial charge in [-0.05, 0) is 116 Å². The van der Waals surface area contributed by atoms with Crippen LogP contribution in [-0.4, -0.2) is 37.2 Å². The minimum Gasteiger partial charge on any atom is -0.462 e. The van der Waals surface area contributed by atoms with E-state index in [0.717, 1.165) is 122 Å². The summed E-state index contributed by atoms with van der Waals surface area (Å²) in [4.78, 5) is 38.3. The van der Waals surface area contributed by atoms with E-state index in [9.17, 15) is 14.4 Å². The Labute approximate surface area is 502 Å². The molecule has 0 aromatic heterocycles. The molecule has 81 heavy (non-hydrogen) atoms. The highest BCUT2D eigenvalue weighted by Gasteiger charge is 2.19. The predicted molar refractivity (Wildman–Crippen MR) is 353 cm³/mol. The molecule has 6 nitrogen and oxygen atoms in total. The van der Waals surface area contributed by atoms with Crippen LogP contribution in [0.3, 0.4) is 0 Å². The van der Waals surface area contributed by atoms with Crippen molar-refractivity contribution in [2.75, 3.05) is 13.2 Å². The molecular weight excluding hydrogens is 997 g/mol. The first-order valence-corrected chi connectivity index (χ1v) is 34.7. The third kappa shape index (κ3) is 67.0. The third-order valence-corrected chi connectivity index (χ3v) is 15.1. The summed E-state index contributed by atoms with van der Waals surface area (Å²) in [6, 6.07) is 0. The maximum absolute atomic E-state index is 12.9. The number of carbonyl (C=O) groups excluding carboxylic acids is 3. The summed E-state index contributed by atoms with van der Waals surface area (Å²) in [7, 11) is 0. The van der Waals surface area contributed by atoms with Crippen LogP contribution in [0.15, 0.2) is 97.2 Å². The number of rotatable bonds is 63. The van der Waals surface area contributed by atoms with Gasteiger partial charge in [-0.3, -0.25) is 14.4 Å². The largest absolute Gasteiger partial charge is 0.462 e. The molecule has 0 aromatic rings. The van der Waals surface area contributed by atoms with Crippen molar-refractivity contribution in [3.63, 3.8) is 0 Å². The van der Waals surface area contributed by atoms with Crippen molar-refractivity contribution >= 4 is 17.9 Å². The van der Waals surface area contributed by atoms with Gasteiger partial charge in [-0.25, -0.2) is 0 Å². The van der Waals surface area contributed by atoms with E-state index in [1.807, 2.05) is 0 Å². The van der Waals surface area contributed by atoms with Gasteiger partial charge in [0.15, 0.2) is 6.10 Å². The van der Waals surface area contributed by atoms with Crippen LogP contribution < -0.4 is 0 Å². The van der Waals surface area contributed by atoms with Gasteiger partial charge in [-0.1, -0.05) is 304 Å². The van der Waals surface area contributed by atoms with Crippen LogP contribution in [0.5, 0.6) is 0 Å². The topological polar surface area (TPSA) is 78.9 Å². The molecule has 466 valence electrons. The van der Waals surface area contributed by atoms with E-state index in [2.05, 4.69) is 118 Å². The Balaban J connectivity index is 4.17. The predicted octanol–water partition coefficient (Wildman–Crippen LogP) is 24.0. The molecule has 0 heterocycles. The van der Waals surface area contributed by atoms with Gasteiger partial charge >= 0.3 is 17.9 Å². The molecule has 1 unspecified atom stereocenters. The van der Waals surface area contributed by atoms with Crippen molar-refractivity contribution in [3.05, 3.63) is 97.2 Å². The van der Waals surface area contributed by atoms with Crippen LogP contribution in [0.4, 0.5) is 0 Å². The van der Waals surface area contributed by atoms with Crippen LogP contribution >= 0.6 is 0 Å². The average molecular weight is 1130 g/mol. The highest BCUT2D eigenvalue weighted by molar-refractivity contribution is 5.71. The first kappa shape index (κ1) is 77.3. The molecule has 0 fully saturated rings. The molecule has 0 aliphatic carbocycles. The minimum absolute atomic E-state index is 0.0952. The Kier molecular flexibility index (Phi) is 65.7. The van der Waals surface area contributed by atoms with Crippen LogP contribution in [-0.2, 0) is 28.6 Å². The second-order valence-electron chi connectivity index (χ2n) is 23.0. The van der Waals surface area contributed by atoms with Crippen LogP contribution in [0.25, 0.3) is 0 Å². The fraction of sp³-hybridized carbons (Fsp3) is 0.747. The number of allylic oxidation sites excluding steroid dienone is 16. The molecule has 1 atom stereocenters. The molecule has 0 aromatic carbocycles. The number of hydrogen-bond donors (Lipinski definition) is 0. The fourth-order valence-corrected chi connectivity index (χ4v) is 9.92. The zero-order chi connectivity index (χ0) is 58.5. The number of hydrogen-bond acceptors (Lipinski definition) is 6. The standard InChI is InChI=1S/C75H130O6/c1-4-7-10-13-16-19-22-25-27-29-30-31-32-33-34-35-36-37-38-39-40-41-42-43-44-46-47-50-53-56-59-62-65-68-74(77)80-71-72(70-79-73(76)67-64-61-58-55-52-49-24-21-18-15-12-9-6-3)81-75(78)69-66-63-60-57-54-51-48-45-28-26-23-20-17-14-11-8-5-2/h8-9,11-12,17-18,20-21,26,28-30,48-49,51-52,72H,4-7,10,13-16,19,22-25,27,31-47,50,53-71H2,1-3H3/b11-8-,12-9-,20-17-,21-18-,28-26-,30-29-,51-48-,52-49-. The second kappa shape index (κ2) is 68.8. The van der Waals surface area contributed by atoms with Crippen molar-refractivity contribution < 1.29 is 28.6 Å². The van der Waals surface area contributed by atoms with E-state index >= 15 is 0 Å². The Morgan fingerprint density at radius 3 is 0.778 bits per heavy atom. The first-order valence-electron chi connectivity index (χ1n) is 34.7. The average Bonchev–Trinajstić information content (AvgIpc) is 3.46. The molecule has 0 spiro atoms. The summed E-state index contributed by atoms with van der Waals surface area (Å²) in [5.74, 6) is -0.939. The number of unbranched alkanes of at least 4 members (excludes halogenated alkanes) is 36. The lowest BCUT2D eigenvalue weighted by molar-refractivity contribution is -0.167. The van der Waals surface area contributed by atoms with E-state index in [0.29, 0.717) is 19.3 Å². The highest BCUT2D eigenvalue weighted by Crippen LogP contribution is 2.17. The molecule has 0 amide bonds. The molecule has 6 heteroatoms. The SMILES string of the molecule is CC/C=C\C/C=C\C/C=C\C/C=C\CCCCCCC(=O)OC(COC(=O)CCCCC/C=C\C/C=C\C/C=C\CC)COC(=O)CCCCCCCCCCCCCCCCCCCCCCC/C=C\CCCCCCCCCC. The fourth-order valence-electron chi connectivity index (χ4n) is 9.92. The maximum Gasteiger partial charge on any atom is 0.306 e. The summed E-state index contributed by atoms with van der Waals surface area (Å²) in [6.07, 6.45) is 93.2. The van der Waals surface area contributed by atoms with Crippen molar-refractivity contribution in [1.82, 2.24) is 0 Å². The molecule has 0 saturated carbocycles. The van der Waals surface area contributed by atoms with Crippen molar-refractivity contribution in [1.29, 1.82) is 0 Å². The summed E-state index contributed by atoms with van der Waals surface area (Å²) in [5, 5.41) is 0. The zero-order valence-electron chi connectivity index (χ0n) is 53.5. The van der Waals surface area contributed by atoms with E-state index in [1.165, 1.54) is 180 Å². The normalized spacial score (nSPS) is 12.7. The maximum atomic E-state index is 12.9. The second-order valence-corrected chi connectivity index (χ2v) is 23.0. The van der Waals surface area contributed by atoms with Crippen molar-refractivity contribution in [2.24, 2.45) is 0 Å². The number of esters is 3. The van der Waals surface area contributed by atoms with Gasteiger partial charge in [0.25, 0.3) is 0 Å². The lowest BCUT2D eigenvalue weighted by Gasteiger charge is -2.18. The van der Waals surface area contributed by atoms with Gasteiger partial charge in [0, 0.05) is 19.3 Å². The third-order valence-electron chi connectivity index (χ3n) is 15.1. The van der Waals surface area contributed by atoms with E-state index in [1.54, 1.807) is 0 Å². The Bertz CT molecular complexity index is 1580. The highest BCUT2D eigenvalue weighted by atomic mass is 16.6. The Hall–Kier alpha value is -3.67. The van der Waals surface area contributed by atoms with Crippen molar-refractivity contribution in [3.8, 4) is 0 Å². The Morgan fingerprint density at radius 2 is 0.481 bits per heavy atom. The van der Waals surface area contributed by atoms with Crippen LogP contribution in [0, 0.1) is 0 Å². The summed E-state index contributed by atoms with van der Waals surface area (Å²) in [5.41, 5.74) is 0. The van der Waals surface area contributed by atoms with Gasteiger partial charge in [-0.2, -0.15) is 0 Å². The molecule has 0 bridgehead atoms. The summed E-state index contributed by atoms with van der Waals surface area (Å²) >= 11 is 0. The molecule has 0 saturated heterocycles. The van der Waals surface area contributed by atoms with Crippen LogP contribution in [0.1, 0.15) is 342 Å². The lowest BCUT2D eigenvalue weighted by Crippen LogP contribution is -2.30. The monoisotopic (exact) mass is 1130 g/mol. The van der Waals surface area contributed by atoms with Gasteiger partial charge < -0.3 is 14.2 Å². The lowest BCUT2D eigenvalue weighted by atomic mass is 10.0. The molecule has 0 N–H and O–H groups in total. The zero-order valence-corrected chi connectivity index (χ0v) is 53.5. The van der Waals surface area contributed by atoms with Crippen LogP contribution in [0.2, 0.25) is 0 Å². The summed E-state index contributed by atoms with van der Waals surface area (Å²) in [6.45, 7) is 6.40. The minimum atomic E-state index is -0.804. The number of carbonyl (C=O) groups is 3. The van der Waals surface area contributed by atoms with E-state index < -0.39 is 6.10 Å². The number of ether oxygens (including phenoxy) is 3. The van der Waals surface area contributed by atoms with Gasteiger partial charge in [-0.15, -0.1) is 0 Å². The van der Waals surface area contributed by atoms with Gasteiger partial charge in [0.2, 0.25) is 0 Å². The van der Waals surface area contributed by atoms with E-state index in [-0.39, 0.29) is 31.1 Å². The molecule has 0 aliphatic rings. The molecule has 0 radical (unpaired) electrons. The smallest absolute Gasteiger partial charge is 0.306 e. The summed E-state index contributed by atoms with van der Waals surface area (Å²) < 4.78 is 16.9. The molecule has 0 rings (SSSR count). The van der Waals surface area contributed by atoms with E-state index in [4.69, 9.17) is 14.2 Å². The molecule has 0 aliphatic heterocycles. The molecular formula is C75H130O6. The van der Waals surface area contributed by atoms with Gasteiger partial charge in [0.1, 0.15) is 13.2 Å². The Morgan fingerprint density at radius 1 is 0.259 bits per heavy atom.